The number of amides is 5. The minimum absolute atomic E-state index is 0.0727. The molecule has 0 radical (unpaired) electrons. The van der Waals surface area contributed by atoms with E-state index in [-0.39, 0.29) is 47.3 Å². The number of halogens is 2. The van der Waals surface area contributed by atoms with Crippen LogP contribution in [0.3, 0.4) is 0 Å². The van der Waals surface area contributed by atoms with Gasteiger partial charge in [0.25, 0.3) is 24.1 Å². The maximum Gasteiger partial charge on any atom is 0.284 e. The minimum atomic E-state index is -2.94. The van der Waals surface area contributed by atoms with Crippen molar-refractivity contribution in [3.05, 3.63) is 101 Å². The third-order valence-electron chi connectivity index (χ3n) is 12.5. The molecule has 19 nitrogen and oxygen atoms in total. The van der Waals surface area contributed by atoms with Crippen molar-refractivity contribution in [2.75, 3.05) is 75.1 Å². The SMILES string of the molecule is O=C1CCC(N2C(=O)c3ccc(NC4CCN(CCOCCOCCNCc5ccc(-n6cc(NC(=O)c7coc(-c8ccnc(NCC9CC9)c8)n7)c(C(F)F)n6)cc5)CC4)cc3C2=O)C(=O)N1. The van der Waals surface area contributed by atoms with Crippen LogP contribution in [0.4, 0.5) is 26.0 Å². The van der Waals surface area contributed by atoms with Crippen LogP contribution in [-0.2, 0) is 25.6 Å². The molecule has 21 heteroatoms. The van der Waals surface area contributed by atoms with Crippen molar-refractivity contribution >= 4 is 46.7 Å². The first-order chi connectivity index (χ1) is 33.6. The molecule has 1 aliphatic carbocycles. The van der Waals surface area contributed by atoms with Gasteiger partial charge in [-0.05, 0) is 86.1 Å². The highest BCUT2D eigenvalue weighted by Gasteiger charge is 2.44. The van der Waals surface area contributed by atoms with E-state index in [0.717, 1.165) is 55.2 Å². The highest BCUT2D eigenvalue weighted by atomic mass is 19.3. The molecule has 0 bridgehead atoms. The summed E-state index contributed by atoms with van der Waals surface area (Å²) in [6.45, 7) is 6.55. The van der Waals surface area contributed by atoms with Crippen LogP contribution >= 0.6 is 0 Å². The number of carbonyl (C=O) groups excluding carboxylic acids is 5. The summed E-state index contributed by atoms with van der Waals surface area (Å²) in [4.78, 5) is 75.2. The molecule has 3 fully saturated rings. The average molecular weight is 950 g/mol. The number of piperidine rings is 2. The maximum atomic E-state index is 14.1. The van der Waals surface area contributed by atoms with Gasteiger partial charge in [0.15, 0.2) is 11.4 Å². The summed E-state index contributed by atoms with van der Waals surface area (Å²) in [5, 5.41) is 18.9. The normalized spacial score (nSPS) is 17.7. The smallest absolute Gasteiger partial charge is 0.284 e. The number of ether oxygens (including phenoxy) is 2. The topological polar surface area (TPSA) is 227 Å². The summed E-state index contributed by atoms with van der Waals surface area (Å²) >= 11 is 0. The van der Waals surface area contributed by atoms with E-state index in [1.54, 1.807) is 48.7 Å². The third-order valence-corrected chi connectivity index (χ3v) is 12.5. The van der Waals surface area contributed by atoms with Crippen molar-refractivity contribution in [3.8, 4) is 17.1 Å². The van der Waals surface area contributed by atoms with E-state index in [2.05, 4.69) is 46.6 Å². The van der Waals surface area contributed by atoms with Gasteiger partial charge in [0.1, 0.15) is 18.1 Å². The Morgan fingerprint density at radius 3 is 2.45 bits per heavy atom. The summed E-state index contributed by atoms with van der Waals surface area (Å²) in [6, 6.07) is 15.0. The monoisotopic (exact) mass is 949 g/mol. The van der Waals surface area contributed by atoms with E-state index in [1.807, 2.05) is 12.1 Å². The molecule has 1 atom stereocenters. The molecule has 5 aromatic rings. The third kappa shape index (κ3) is 11.7. The molecule has 3 aromatic heterocycles. The van der Waals surface area contributed by atoms with Gasteiger partial charge in [0.05, 0.1) is 55.1 Å². The maximum absolute atomic E-state index is 14.1. The molecule has 5 amide bonds. The molecule has 362 valence electrons. The lowest BCUT2D eigenvalue weighted by Gasteiger charge is -2.32. The molecule has 4 aliphatic rings. The summed E-state index contributed by atoms with van der Waals surface area (Å²) in [7, 11) is 0. The van der Waals surface area contributed by atoms with Crippen LogP contribution in [0.2, 0.25) is 0 Å². The zero-order valence-electron chi connectivity index (χ0n) is 37.8. The van der Waals surface area contributed by atoms with Crippen LogP contribution in [0.25, 0.3) is 17.1 Å². The van der Waals surface area contributed by atoms with Crippen molar-refractivity contribution in [1.29, 1.82) is 0 Å². The number of oxazole rings is 1. The average Bonchev–Trinajstić information content (AvgIpc) is 3.76. The summed E-state index contributed by atoms with van der Waals surface area (Å²) in [5.74, 6) is -1.27. The van der Waals surface area contributed by atoms with Crippen molar-refractivity contribution < 1.29 is 46.6 Å². The molecule has 6 heterocycles. The van der Waals surface area contributed by atoms with Gasteiger partial charge < -0.3 is 40.1 Å². The second-order valence-corrected chi connectivity index (χ2v) is 17.5. The first-order valence-corrected chi connectivity index (χ1v) is 23.2. The van der Waals surface area contributed by atoms with Crippen LogP contribution in [0.1, 0.15) is 87.4 Å². The van der Waals surface area contributed by atoms with Crippen molar-refractivity contribution in [2.45, 2.75) is 63.6 Å². The number of pyridine rings is 1. The number of likely N-dealkylation sites (tertiary alicyclic amines) is 1. The second-order valence-electron chi connectivity index (χ2n) is 17.5. The predicted octanol–water partition coefficient (Wildman–Crippen LogP) is 5.03. The summed E-state index contributed by atoms with van der Waals surface area (Å²) in [6.07, 6.45) is 5.57. The molecule has 1 unspecified atom stereocenters. The van der Waals surface area contributed by atoms with E-state index >= 15 is 0 Å². The Bertz CT molecular complexity index is 2660. The van der Waals surface area contributed by atoms with Gasteiger partial charge in [-0.15, -0.1) is 0 Å². The number of imide groups is 2. The van der Waals surface area contributed by atoms with Gasteiger partial charge in [0.2, 0.25) is 17.7 Å². The Hall–Kier alpha value is -6.94. The van der Waals surface area contributed by atoms with Gasteiger partial charge >= 0.3 is 0 Å². The number of benzene rings is 2. The number of carbonyl (C=O) groups is 5. The number of anilines is 3. The number of nitrogens with zero attached hydrogens (tertiary/aromatic N) is 6. The Morgan fingerprint density at radius 1 is 0.899 bits per heavy atom. The molecule has 69 heavy (non-hydrogen) atoms. The highest BCUT2D eigenvalue weighted by molar-refractivity contribution is 6.23. The Balaban J connectivity index is 0.632. The molecule has 9 rings (SSSR count). The van der Waals surface area contributed by atoms with Gasteiger partial charge in [-0.25, -0.2) is 23.4 Å². The minimum Gasteiger partial charge on any atom is -0.444 e. The fourth-order valence-electron chi connectivity index (χ4n) is 8.46. The Morgan fingerprint density at radius 2 is 1.68 bits per heavy atom. The molecular formula is C48H53F2N11O8. The second kappa shape index (κ2) is 21.6. The summed E-state index contributed by atoms with van der Waals surface area (Å²) < 4.78 is 46.5. The Labute approximate surface area is 395 Å². The quantitative estimate of drug-likeness (QED) is 0.0453. The van der Waals surface area contributed by atoms with E-state index in [1.165, 1.54) is 30.0 Å². The standard InChI is InChI=1S/C48H53F2N11O8/c49-43(50)42-37(55-44(63)38-28-69-46(56-38)31-11-14-52-40(23-31)53-26-30-1-2-30)27-60(58-42)34-6-3-29(4-7-34)25-51-15-19-67-21-22-68-20-18-59-16-12-32(13-17-59)54-33-5-8-35-36(24-33)48(66)61(47(35)65)39-9-10-41(62)57-45(39)64/h3-8,11,14,23-24,27-28,30,32,39,43,51,54H,1-2,9-10,12-13,15-22,25-26H2,(H,52,53)(H,55,63)(H,57,62,64). The first-order valence-electron chi connectivity index (χ1n) is 23.2. The zero-order chi connectivity index (χ0) is 47.9. The largest absolute Gasteiger partial charge is 0.444 e. The van der Waals surface area contributed by atoms with Crippen molar-refractivity contribution in [2.24, 2.45) is 5.92 Å². The molecule has 2 aromatic carbocycles. The molecule has 2 saturated heterocycles. The fraction of sp³-hybridized carbons (Fsp3) is 0.417. The lowest BCUT2D eigenvalue weighted by molar-refractivity contribution is -0.136. The summed E-state index contributed by atoms with van der Waals surface area (Å²) in [5.41, 5.74) is 2.58. The van der Waals surface area contributed by atoms with Gasteiger partial charge in [-0.2, -0.15) is 5.10 Å². The number of fused-ring (bicyclic) bond motifs is 1. The van der Waals surface area contributed by atoms with Crippen LogP contribution in [0, 0.1) is 5.92 Å². The number of aromatic nitrogens is 4. The number of alkyl halides is 2. The van der Waals surface area contributed by atoms with Crippen LogP contribution in [-0.4, -0.2) is 130 Å². The molecule has 5 N–H and O–H groups in total. The first kappa shape index (κ1) is 47.1. The number of hydrogen-bond acceptors (Lipinski definition) is 15. The van der Waals surface area contributed by atoms with E-state index < -0.39 is 47.7 Å². The van der Waals surface area contributed by atoms with Gasteiger partial charge in [0, 0.05) is 69.2 Å². The Kier molecular flexibility index (Phi) is 14.7. The number of rotatable bonds is 22. The molecular weight excluding hydrogens is 897 g/mol. The molecule has 3 aliphatic heterocycles. The lowest BCUT2D eigenvalue weighted by atomic mass is 10.0. The zero-order valence-corrected chi connectivity index (χ0v) is 37.8. The van der Waals surface area contributed by atoms with E-state index in [4.69, 9.17) is 13.9 Å². The highest BCUT2D eigenvalue weighted by Crippen LogP contribution is 2.32. The fourth-order valence-corrected chi connectivity index (χ4v) is 8.46. The van der Waals surface area contributed by atoms with Gasteiger partial charge in [-0.3, -0.25) is 34.2 Å². The number of nitrogens with one attached hydrogen (secondary N) is 5. The van der Waals surface area contributed by atoms with Crippen LogP contribution in [0.15, 0.2) is 77.7 Å². The van der Waals surface area contributed by atoms with Gasteiger partial charge in [-0.1, -0.05) is 12.1 Å². The van der Waals surface area contributed by atoms with Crippen molar-refractivity contribution in [3.63, 3.8) is 0 Å². The lowest BCUT2D eigenvalue weighted by Crippen LogP contribution is -2.54. The number of hydrogen-bond donors (Lipinski definition) is 5. The van der Waals surface area contributed by atoms with E-state index in [0.29, 0.717) is 62.5 Å². The predicted molar refractivity (Wildman–Crippen MR) is 247 cm³/mol. The molecule has 0 spiro atoms. The van der Waals surface area contributed by atoms with Crippen LogP contribution < -0.4 is 26.6 Å². The molecule has 1 saturated carbocycles. The van der Waals surface area contributed by atoms with Crippen molar-refractivity contribution in [1.82, 2.24) is 40.2 Å². The van der Waals surface area contributed by atoms with Crippen LogP contribution in [0.5, 0.6) is 0 Å². The van der Waals surface area contributed by atoms with E-state index in [9.17, 15) is 32.8 Å².